The zero-order valence-electron chi connectivity index (χ0n) is 15.5. The molecule has 142 valence electrons. The maximum absolute atomic E-state index is 12.3. The van der Waals surface area contributed by atoms with Gasteiger partial charge in [0.25, 0.3) is 0 Å². The van der Waals surface area contributed by atoms with Gasteiger partial charge in [0.05, 0.1) is 22.8 Å². The van der Waals surface area contributed by atoms with Crippen LogP contribution in [0, 0.1) is 5.92 Å². The third-order valence-electron chi connectivity index (χ3n) is 4.20. The van der Waals surface area contributed by atoms with E-state index in [4.69, 9.17) is 4.74 Å². The van der Waals surface area contributed by atoms with Gasteiger partial charge in [-0.3, -0.25) is 9.36 Å². The van der Waals surface area contributed by atoms with Crippen molar-refractivity contribution in [2.24, 2.45) is 5.92 Å². The molecule has 2 atom stereocenters. The van der Waals surface area contributed by atoms with Crippen LogP contribution in [0.4, 0.5) is 0 Å². The van der Waals surface area contributed by atoms with Gasteiger partial charge in [0.2, 0.25) is 5.91 Å². The van der Waals surface area contributed by atoms with E-state index < -0.39 is 0 Å². The van der Waals surface area contributed by atoms with Crippen LogP contribution in [0.2, 0.25) is 0 Å². The Morgan fingerprint density at radius 3 is 2.96 bits per heavy atom. The summed E-state index contributed by atoms with van der Waals surface area (Å²) in [6.45, 7) is 8.32. The fourth-order valence-corrected chi connectivity index (χ4v) is 4.38. The quantitative estimate of drug-likeness (QED) is 0.695. The minimum atomic E-state index is -0.225. The van der Waals surface area contributed by atoms with Crippen LogP contribution in [0.15, 0.2) is 22.7 Å². The lowest BCUT2D eigenvalue weighted by molar-refractivity contribution is -0.120. The lowest BCUT2D eigenvalue weighted by Crippen LogP contribution is -2.33. The molecular formula is C18H26N4O2S2. The summed E-state index contributed by atoms with van der Waals surface area (Å²) in [7, 11) is 0. The highest BCUT2D eigenvalue weighted by atomic mass is 32.2. The number of thiophene rings is 1. The molecule has 0 radical (unpaired) electrons. The van der Waals surface area contributed by atoms with Gasteiger partial charge in [-0.1, -0.05) is 31.7 Å². The first-order chi connectivity index (χ1) is 12.5. The van der Waals surface area contributed by atoms with Crippen LogP contribution >= 0.6 is 23.1 Å². The molecule has 0 saturated carbocycles. The third kappa shape index (κ3) is 4.86. The molecule has 26 heavy (non-hydrogen) atoms. The lowest BCUT2D eigenvalue weighted by atomic mass is 10.2. The average molecular weight is 395 g/mol. The average Bonchev–Trinajstić information content (AvgIpc) is 3.35. The van der Waals surface area contributed by atoms with Gasteiger partial charge in [0, 0.05) is 13.2 Å². The van der Waals surface area contributed by atoms with E-state index in [1.807, 2.05) is 24.4 Å². The highest BCUT2D eigenvalue weighted by Crippen LogP contribution is 2.30. The Labute approximate surface area is 162 Å². The Morgan fingerprint density at radius 1 is 1.46 bits per heavy atom. The van der Waals surface area contributed by atoms with E-state index in [0.29, 0.717) is 12.5 Å². The van der Waals surface area contributed by atoms with Gasteiger partial charge < -0.3 is 10.1 Å². The van der Waals surface area contributed by atoms with E-state index in [0.717, 1.165) is 41.9 Å². The van der Waals surface area contributed by atoms with Gasteiger partial charge in [0.1, 0.15) is 0 Å². The Bertz CT molecular complexity index is 709. The summed E-state index contributed by atoms with van der Waals surface area (Å²) in [6.07, 6.45) is 2.34. The summed E-state index contributed by atoms with van der Waals surface area (Å²) in [6, 6.07) is 4.06. The van der Waals surface area contributed by atoms with Crippen LogP contribution in [-0.4, -0.2) is 45.2 Å². The molecule has 1 amide bonds. The highest BCUT2D eigenvalue weighted by molar-refractivity contribution is 8.00. The van der Waals surface area contributed by atoms with Crippen molar-refractivity contribution >= 4 is 29.0 Å². The fraction of sp³-hybridized carbons (Fsp3) is 0.611. The van der Waals surface area contributed by atoms with Crippen LogP contribution in [0.3, 0.4) is 0 Å². The Hall–Kier alpha value is -1.38. The van der Waals surface area contributed by atoms with Crippen molar-refractivity contribution in [3.05, 3.63) is 17.5 Å². The van der Waals surface area contributed by atoms with Gasteiger partial charge >= 0.3 is 0 Å². The molecule has 1 N–H and O–H groups in total. The molecule has 3 rings (SSSR count). The molecule has 2 unspecified atom stereocenters. The molecule has 1 fully saturated rings. The second kappa shape index (κ2) is 9.01. The summed E-state index contributed by atoms with van der Waals surface area (Å²) in [5, 5.41) is 14.4. The van der Waals surface area contributed by atoms with Crippen molar-refractivity contribution in [3.63, 3.8) is 0 Å². The molecule has 2 aromatic heterocycles. The number of rotatable bonds is 8. The first-order valence-electron chi connectivity index (χ1n) is 9.07. The zero-order valence-corrected chi connectivity index (χ0v) is 17.1. The van der Waals surface area contributed by atoms with E-state index >= 15 is 0 Å². The van der Waals surface area contributed by atoms with Gasteiger partial charge in [-0.25, -0.2) is 0 Å². The number of hydrogen-bond acceptors (Lipinski definition) is 6. The van der Waals surface area contributed by atoms with E-state index in [1.165, 1.54) is 11.8 Å². The molecule has 1 aliphatic heterocycles. The van der Waals surface area contributed by atoms with Crippen LogP contribution in [0.1, 0.15) is 33.6 Å². The number of amides is 1. The first kappa shape index (κ1) is 19.4. The number of thioether (sulfide) groups is 1. The number of nitrogens with zero attached hydrogens (tertiary/aromatic N) is 3. The normalized spacial score (nSPS) is 18.4. The summed E-state index contributed by atoms with van der Waals surface area (Å²) >= 11 is 3.10. The van der Waals surface area contributed by atoms with Crippen molar-refractivity contribution in [1.82, 2.24) is 20.1 Å². The predicted octanol–water partition coefficient (Wildman–Crippen LogP) is 3.44. The number of hydrogen-bond donors (Lipinski definition) is 1. The number of ether oxygens (including phenoxy) is 1. The van der Waals surface area contributed by atoms with Gasteiger partial charge in [-0.2, -0.15) is 0 Å². The van der Waals surface area contributed by atoms with Crippen molar-refractivity contribution in [1.29, 1.82) is 0 Å². The van der Waals surface area contributed by atoms with Crippen LogP contribution in [0.25, 0.3) is 10.7 Å². The van der Waals surface area contributed by atoms with E-state index in [2.05, 4.69) is 33.9 Å². The molecule has 8 heteroatoms. The molecule has 3 heterocycles. The van der Waals surface area contributed by atoms with Gasteiger partial charge in [-0.05, 0) is 37.1 Å². The molecule has 0 aromatic carbocycles. The van der Waals surface area contributed by atoms with Crippen LogP contribution < -0.4 is 5.32 Å². The van der Waals surface area contributed by atoms with Crippen LogP contribution in [0.5, 0.6) is 0 Å². The van der Waals surface area contributed by atoms with Crippen molar-refractivity contribution in [2.45, 2.75) is 56.7 Å². The summed E-state index contributed by atoms with van der Waals surface area (Å²) in [5.41, 5.74) is 0. The van der Waals surface area contributed by atoms with Gasteiger partial charge in [-0.15, -0.1) is 21.5 Å². The lowest BCUT2D eigenvalue weighted by Gasteiger charge is -2.16. The second-order valence-corrected chi connectivity index (χ2v) is 9.18. The number of nitrogens with one attached hydrogen (secondary N) is 1. The number of carbonyl (C=O) groups excluding carboxylic acids is 1. The van der Waals surface area contributed by atoms with Crippen LogP contribution in [-0.2, 0) is 16.1 Å². The molecular weight excluding hydrogens is 368 g/mol. The molecule has 0 aliphatic carbocycles. The number of carbonyl (C=O) groups is 1. The summed E-state index contributed by atoms with van der Waals surface area (Å²) < 4.78 is 7.92. The van der Waals surface area contributed by atoms with Crippen molar-refractivity contribution in [2.75, 3.05) is 13.2 Å². The monoisotopic (exact) mass is 394 g/mol. The molecule has 2 aromatic rings. The molecule has 0 spiro atoms. The summed E-state index contributed by atoms with van der Waals surface area (Å²) in [5.74, 6) is 1.32. The maximum Gasteiger partial charge on any atom is 0.233 e. The molecule has 1 aliphatic rings. The Morgan fingerprint density at radius 2 is 2.31 bits per heavy atom. The Kier molecular flexibility index (Phi) is 6.72. The van der Waals surface area contributed by atoms with Crippen molar-refractivity contribution in [3.8, 4) is 10.7 Å². The van der Waals surface area contributed by atoms with Gasteiger partial charge in [0.15, 0.2) is 11.0 Å². The molecule has 1 saturated heterocycles. The number of aromatic nitrogens is 3. The second-order valence-electron chi connectivity index (χ2n) is 6.93. The van der Waals surface area contributed by atoms with E-state index in [-0.39, 0.29) is 17.3 Å². The molecule has 6 nitrogen and oxygen atoms in total. The van der Waals surface area contributed by atoms with Crippen molar-refractivity contribution < 1.29 is 9.53 Å². The smallest absolute Gasteiger partial charge is 0.233 e. The SMILES string of the molecule is CC(C)CNC(=O)C(C)Sc1nnc(-c2cccs2)n1CC1CCCO1. The highest BCUT2D eigenvalue weighted by Gasteiger charge is 2.24. The summed E-state index contributed by atoms with van der Waals surface area (Å²) in [4.78, 5) is 13.4. The minimum Gasteiger partial charge on any atom is -0.376 e. The topological polar surface area (TPSA) is 69.0 Å². The van der Waals surface area contributed by atoms with E-state index in [9.17, 15) is 4.79 Å². The zero-order chi connectivity index (χ0) is 18.5. The Balaban J connectivity index is 1.76. The maximum atomic E-state index is 12.3. The van der Waals surface area contributed by atoms with E-state index in [1.54, 1.807) is 11.3 Å². The standard InChI is InChI=1S/C18H26N4O2S2/c1-12(2)10-19-17(23)13(3)26-18-21-20-16(15-7-5-9-25-15)22(18)11-14-6-4-8-24-14/h5,7,9,12-14H,4,6,8,10-11H2,1-3H3,(H,19,23). The first-order valence-corrected chi connectivity index (χ1v) is 10.8. The third-order valence-corrected chi connectivity index (χ3v) is 6.15. The largest absolute Gasteiger partial charge is 0.376 e. The predicted molar refractivity (Wildman–Crippen MR) is 105 cm³/mol. The molecule has 0 bridgehead atoms. The fourth-order valence-electron chi connectivity index (χ4n) is 2.78. The minimum absolute atomic E-state index is 0.0352.